The maximum atomic E-state index is 12.2. The van der Waals surface area contributed by atoms with E-state index in [9.17, 15) is 4.79 Å². The number of fused-ring (bicyclic) bond motifs is 1. The fourth-order valence-corrected chi connectivity index (χ4v) is 3.80. The van der Waals surface area contributed by atoms with Crippen LogP contribution in [0, 0.1) is 6.92 Å². The van der Waals surface area contributed by atoms with Crippen LogP contribution in [0.5, 0.6) is 0 Å². The molecule has 5 rings (SSSR count). The lowest BCUT2D eigenvalue weighted by molar-refractivity contribution is 0.102. The van der Waals surface area contributed by atoms with E-state index < -0.39 is 0 Å². The largest absolute Gasteiger partial charge is 0.451 e. The number of rotatable bonds is 5. The second-order valence-electron chi connectivity index (χ2n) is 6.52. The van der Waals surface area contributed by atoms with Gasteiger partial charge in [0.25, 0.3) is 5.91 Å². The fourth-order valence-electron chi connectivity index (χ4n) is 2.95. The number of aromatic amines is 1. The van der Waals surface area contributed by atoms with Crippen molar-refractivity contribution < 1.29 is 9.21 Å². The Bertz CT molecular complexity index is 1400. The number of hydrogen-bond acceptors (Lipinski definition) is 9. The molecule has 0 fully saturated rings. The number of halogens is 1. The summed E-state index contributed by atoms with van der Waals surface area (Å²) in [6.45, 7) is 1.82. The molecule has 0 bridgehead atoms. The third kappa shape index (κ3) is 3.83. The van der Waals surface area contributed by atoms with Crippen LogP contribution in [0.15, 0.2) is 47.5 Å². The summed E-state index contributed by atoms with van der Waals surface area (Å²) >= 11 is 7.63. The van der Waals surface area contributed by atoms with Crippen molar-refractivity contribution >= 4 is 56.4 Å². The van der Waals surface area contributed by atoms with Gasteiger partial charge in [0, 0.05) is 28.3 Å². The van der Waals surface area contributed by atoms with Gasteiger partial charge in [0.15, 0.2) is 17.9 Å². The van der Waals surface area contributed by atoms with Gasteiger partial charge in [0.05, 0.1) is 22.4 Å². The van der Waals surface area contributed by atoms with Crippen LogP contribution >= 0.6 is 23.1 Å². The SMILES string of the molecule is Cc1cc(NC(=O)c2cocn2)cc(-c2nsc(Nc3ccc4[nH]ncc4c3Cl)n2)n1. The maximum Gasteiger partial charge on any atom is 0.277 e. The molecule has 31 heavy (non-hydrogen) atoms. The second kappa shape index (κ2) is 7.78. The number of amides is 1. The first-order valence-corrected chi connectivity index (χ1v) is 10.1. The van der Waals surface area contributed by atoms with Crippen LogP contribution in [-0.4, -0.2) is 35.4 Å². The van der Waals surface area contributed by atoms with E-state index in [2.05, 4.69) is 40.2 Å². The Kier molecular flexibility index (Phi) is 4.81. The zero-order valence-electron chi connectivity index (χ0n) is 15.9. The molecule has 0 spiro atoms. The van der Waals surface area contributed by atoms with Crippen molar-refractivity contribution in [3.8, 4) is 11.5 Å². The molecule has 154 valence electrons. The zero-order chi connectivity index (χ0) is 21.4. The smallest absolute Gasteiger partial charge is 0.277 e. The first-order valence-electron chi connectivity index (χ1n) is 8.98. The quantitative estimate of drug-likeness (QED) is 0.356. The average Bonchev–Trinajstić information content (AvgIpc) is 3.51. The Labute approximate surface area is 183 Å². The summed E-state index contributed by atoms with van der Waals surface area (Å²) < 4.78 is 9.22. The monoisotopic (exact) mass is 452 g/mol. The van der Waals surface area contributed by atoms with Gasteiger partial charge in [0.2, 0.25) is 5.13 Å². The lowest BCUT2D eigenvalue weighted by Gasteiger charge is -2.06. The molecule has 0 aliphatic heterocycles. The number of carbonyl (C=O) groups is 1. The second-order valence-corrected chi connectivity index (χ2v) is 7.65. The Morgan fingerprint density at radius 1 is 1.26 bits per heavy atom. The number of pyridine rings is 1. The van der Waals surface area contributed by atoms with E-state index in [1.54, 1.807) is 18.3 Å². The van der Waals surface area contributed by atoms with Crippen molar-refractivity contribution in [2.45, 2.75) is 6.92 Å². The molecule has 1 aromatic carbocycles. The van der Waals surface area contributed by atoms with E-state index in [1.165, 1.54) is 24.2 Å². The summed E-state index contributed by atoms with van der Waals surface area (Å²) in [5.74, 6) is 0.0387. The van der Waals surface area contributed by atoms with Gasteiger partial charge in [-0.2, -0.15) is 14.5 Å². The molecule has 0 radical (unpaired) electrons. The fraction of sp³-hybridized carbons (Fsp3) is 0.0526. The topological polar surface area (TPSA) is 135 Å². The van der Waals surface area contributed by atoms with Crippen LogP contribution in [0.25, 0.3) is 22.4 Å². The average molecular weight is 453 g/mol. The number of oxazole rings is 1. The number of aryl methyl sites for hydroxylation is 1. The number of carbonyl (C=O) groups excluding carboxylic acids is 1. The van der Waals surface area contributed by atoms with Gasteiger partial charge in [-0.15, -0.1) is 0 Å². The van der Waals surface area contributed by atoms with E-state index in [4.69, 9.17) is 16.0 Å². The Hall–Kier alpha value is -3.83. The van der Waals surface area contributed by atoms with E-state index in [-0.39, 0.29) is 11.6 Å². The molecule has 10 nitrogen and oxygen atoms in total. The predicted molar refractivity (Wildman–Crippen MR) is 117 cm³/mol. The summed E-state index contributed by atoms with van der Waals surface area (Å²) in [7, 11) is 0. The standard InChI is InChI=1S/C19H13ClN8O2S/c1-9-4-10(24-18(29)15-7-30-8-21-15)5-14(23-9)17-26-19(31-28-17)25-13-3-2-12-11(16(13)20)6-22-27-12/h2-8H,1H3,(H,22,27)(H,23,24,29)(H,25,26,28). The molecule has 3 N–H and O–H groups in total. The number of H-pyrrole nitrogens is 1. The highest BCUT2D eigenvalue weighted by atomic mass is 35.5. The molecule has 4 heterocycles. The van der Waals surface area contributed by atoms with Crippen molar-refractivity contribution in [1.29, 1.82) is 0 Å². The van der Waals surface area contributed by atoms with Gasteiger partial charge in [-0.3, -0.25) is 9.89 Å². The highest BCUT2D eigenvalue weighted by molar-refractivity contribution is 7.10. The molecule has 4 aromatic heterocycles. The summed E-state index contributed by atoms with van der Waals surface area (Å²) in [5, 5.41) is 14.7. The number of hydrogen-bond donors (Lipinski definition) is 3. The number of aromatic nitrogens is 6. The van der Waals surface area contributed by atoms with Crippen molar-refractivity contribution in [2.24, 2.45) is 0 Å². The summed E-state index contributed by atoms with van der Waals surface area (Å²) in [5.41, 5.74) is 3.49. The molecule has 5 aromatic rings. The molecular weight excluding hydrogens is 440 g/mol. The first kappa shape index (κ1) is 19.2. The lowest BCUT2D eigenvalue weighted by Crippen LogP contribution is -2.12. The molecule has 0 aliphatic carbocycles. The number of nitrogens with zero attached hydrogens (tertiary/aromatic N) is 5. The van der Waals surface area contributed by atoms with E-state index in [0.717, 1.165) is 10.9 Å². The number of benzene rings is 1. The van der Waals surface area contributed by atoms with Crippen LogP contribution < -0.4 is 10.6 Å². The minimum absolute atomic E-state index is 0.181. The van der Waals surface area contributed by atoms with Crippen LogP contribution in [0.4, 0.5) is 16.5 Å². The molecule has 0 atom stereocenters. The van der Waals surface area contributed by atoms with Gasteiger partial charge >= 0.3 is 0 Å². The number of anilines is 3. The Morgan fingerprint density at radius 3 is 3.00 bits per heavy atom. The highest BCUT2D eigenvalue weighted by Crippen LogP contribution is 2.33. The molecule has 1 amide bonds. The first-order chi connectivity index (χ1) is 15.1. The Morgan fingerprint density at radius 2 is 2.16 bits per heavy atom. The van der Waals surface area contributed by atoms with E-state index in [0.29, 0.717) is 38.7 Å². The van der Waals surface area contributed by atoms with Crippen LogP contribution in [0.2, 0.25) is 5.02 Å². The lowest BCUT2D eigenvalue weighted by atomic mass is 10.2. The van der Waals surface area contributed by atoms with Crippen molar-refractivity contribution in [3.05, 3.63) is 59.5 Å². The van der Waals surface area contributed by atoms with Gasteiger partial charge in [-0.25, -0.2) is 9.97 Å². The highest BCUT2D eigenvalue weighted by Gasteiger charge is 2.15. The molecule has 0 aliphatic rings. The third-order valence-corrected chi connectivity index (χ3v) is 5.37. The summed E-state index contributed by atoms with van der Waals surface area (Å²) in [4.78, 5) is 25.1. The van der Waals surface area contributed by atoms with Crippen molar-refractivity contribution in [2.75, 3.05) is 10.6 Å². The van der Waals surface area contributed by atoms with Crippen molar-refractivity contribution in [3.63, 3.8) is 0 Å². The van der Waals surface area contributed by atoms with Crippen LogP contribution in [0.1, 0.15) is 16.2 Å². The maximum absolute atomic E-state index is 12.2. The van der Waals surface area contributed by atoms with E-state index >= 15 is 0 Å². The van der Waals surface area contributed by atoms with Crippen LogP contribution in [-0.2, 0) is 0 Å². The summed E-state index contributed by atoms with van der Waals surface area (Å²) in [6.07, 6.45) is 4.14. The molecule has 0 unspecified atom stereocenters. The zero-order valence-corrected chi connectivity index (χ0v) is 17.5. The van der Waals surface area contributed by atoms with E-state index in [1.807, 2.05) is 19.1 Å². The van der Waals surface area contributed by atoms with Crippen LogP contribution in [0.3, 0.4) is 0 Å². The van der Waals surface area contributed by atoms with Gasteiger partial charge in [-0.05, 0) is 31.2 Å². The van der Waals surface area contributed by atoms with Gasteiger partial charge < -0.3 is 15.1 Å². The molecule has 0 saturated heterocycles. The number of nitrogens with one attached hydrogen (secondary N) is 3. The van der Waals surface area contributed by atoms with Crippen molar-refractivity contribution in [1.82, 2.24) is 29.5 Å². The molecule has 0 saturated carbocycles. The Balaban J connectivity index is 1.39. The van der Waals surface area contributed by atoms with Gasteiger partial charge in [-0.1, -0.05) is 11.6 Å². The molecular formula is C19H13ClN8O2S. The predicted octanol–water partition coefficient (Wildman–Crippen LogP) is 4.42. The minimum atomic E-state index is -0.386. The molecule has 12 heteroatoms. The minimum Gasteiger partial charge on any atom is -0.451 e. The van der Waals surface area contributed by atoms with Gasteiger partial charge in [0.1, 0.15) is 12.0 Å². The normalized spacial score (nSPS) is 11.0. The summed E-state index contributed by atoms with van der Waals surface area (Å²) in [6, 6.07) is 7.16. The third-order valence-electron chi connectivity index (χ3n) is 4.33.